The van der Waals surface area contributed by atoms with Crippen LogP contribution >= 0.6 is 11.3 Å². The van der Waals surface area contributed by atoms with Gasteiger partial charge >= 0.3 is 0 Å². The molecule has 0 spiro atoms. The van der Waals surface area contributed by atoms with Crippen molar-refractivity contribution >= 4 is 17.2 Å². The van der Waals surface area contributed by atoms with Gasteiger partial charge in [0.2, 0.25) is 0 Å². The highest BCUT2D eigenvalue weighted by Crippen LogP contribution is 2.29. The van der Waals surface area contributed by atoms with Crippen molar-refractivity contribution in [2.75, 3.05) is 6.61 Å². The Morgan fingerprint density at radius 2 is 2.00 bits per heavy atom. The topological polar surface area (TPSA) is 90.9 Å². The van der Waals surface area contributed by atoms with Crippen LogP contribution in [0.1, 0.15) is 16.1 Å². The summed E-state index contributed by atoms with van der Waals surface area (Å²) in [6.07, 6.45) is 0.356. The van der Waals surface area contributed by atoms with Crippen LogP contribution in [0.3, 0.4) is 0 Å². The second-order valence-electron chi connectivity index (χ2n) is 6.87. The summed E-state index contributed by atoms with van der Waals surface area (Å²) in [5, 5.41) is 21.1. The number of nitrogens with zero attached hydrogens (tertiary/aromatic N) is 2. The molecule has 0 aliphatic carbocycles. The molecule has 0 saturated heterocycles. The van der Waals surface area contributed by atoms with Crippen LogP contribution in [0.25, 0.3) is 22.5 Å². The number of aliphatic hydroxyl groups excluding tert-OH is 1. The predicted molar refractivity (Wildman–Crippen MR) is 114 cm³/mol. The minimum atomic E-state index is -0.595. The molecule has 0 unspecified atom stereocenters. The van der Waals surface area contributed by atoms with E-state index in [1.807, 2.05) is 5.38 Å². The molecule has 0 bridgehead atoms. The summed E-state index contributed by atoms with van der Waals surface area (Å²) < 4.78 is 27.9. The fourth-order valence-electron chi connectivity index (χ4n) is 3.22. The first kappa shape index (κ1) is 20.8. The number of carbonyl (C=O) groups excluding carboxylic acids is 1. The summed E-state index contributed by atoms with van der Waals surface area (Å²) in [4.78, 5) is 17.1. The lowest BCUT2D eigenvalue weighted by Gasteiger charge is -2.17. The molecule has 31 heavy (non-hydrogen) atoms. The molecule has 0 saturated carbocycles. The number of aliphatic hydroxyl groups is 1. The second kappa shape index (κ2) is 9.15. The maximum Gasteiger partial charge on any atom is 0.252 e. The Labute approximate surface area is 180 Å². The van der Waals surface area contributed by atoms with Gasteiger partial charge in [-0.3, -0.25) is 9.89 Å². The molecule has 2 aromatic heterocycles. The van der Waals surface area contributed by atoms with Crippen LogP contribution in [0.2, 0.25) is 0 Å². The van der Waals surface area contributed by atoms with E-state index < -0.39 is 17.8 Å². The van der Waals surface area contributed by atoms with Gasteiger partial charge in [-0.1, -0.05) is 6.07 Å². The summed E-state index contributed by atoms with van der Waals surface area (Å²) in [7, 11) is 0. The van der Waals surface area contributed by atoms with Crippen molar-refractivity contribution in [1.29, 1.82) is 0 Å². The highest BCUT2D eigenvalue weighted by atomic mass is 32.1. The van der Waals surface area contributed by atoms with Gasteiger partial charge in [0.25, 0.3) is 5.91 Å². The van der Waals surface area contributed by atoms with Gasteiger partial charge in [0, 0.05) is 22.9 Å². The molecule has 0 aliphatic heterocycles. The maximum absolute atomic E-state index is 14.7. The molecule has 0 radical (unpaired) electrons. The minimum Gasteiger partial charge on any atom is -0.394 e. The van der Waals surface area contributed by atoms with E-state index in [9.17, 15) is 18.7 Å². The molecular weight excluding hydrogens is 422 g/mol. The minimum absolute atomic E-state index is 0.0613. The van der Waals surface area contributed by atoms with E-state index in [1.165, 1.54) is 41.7 Å². The van der Waals surface area contributed by atoms with Gasteiger partial charge in [-0.05, 0) is 42.5 Å². The second-order valence-corrected chi connectivity index (χ2v) is 7.59. The maximum atomic E-state index is 14.7. The Hall–Kier alpha value is -3.43. The van der Waals surface area contributed by atoms with E-state index in [-0.39, 0.29) is 23.6 Å². The number of H-pyrrole nitrogens is 1. The normalized spacial score (nSPS) is 12.0. The van der Waals surface area contributed by atoms with Crippen LogP contribution < -0.4 is 5.32 Å². The van der Waals surface area contributed by atoms with Crippen LogP contribution in [0.4, 0.5) is 8.78 Å². The van der Waals surface area contributed by atoms with Crippen molar-refractivity contribution in [1.82, 2.24) is 20.5 Å². The van der Waals surface area contributed by atoms with Gasteiger partial charge in [0.15, 0.2) is 0 Å². The van der Waals surface area contributed by atoms with Crippen molar-refractivity contribution in [3.63, 3.8) is 0 Å². The third-order valence-electron chi connectivity index (χ3n) is 4.74. The Balaban J connectivity index is 1.61. The molecule has 6 nitrogen and oxygen atoms in total. The van der Waals surface area contributed by atoms with E-state index in [1.54, 1.807) is 23.7 Å². The Morgan fingerprint density at radius 3 is 2.71 bits per heavy atom. The molecule has 2 heterocycles. The molecule has 158 valence electrons. The molecule has 3 N–H and O–H groups in total. The number of aromatic amines is 1. The van der Waals surface area contributed by atoms with Crippen LogP contribution in [0.5, 0.6) is 0 Å². The number of halogens is 2. The Morgan fingerprint density at radius 1 is 1.19 bits per heavy atom. The third-order valence-corrected chi connectivity index (χ3v) is 5.38. The standard InChI is InChI=1S/C22H18F2N4O2S/c23-14-6-4-13(5-7-14)19-9-20(28-27-19)21-17(2-1-3-18(21)24)22(30)26-15(10-29)8-16-11-31-12-25-16/h1-7,9,11-12,15,29H,8,10H2,(H,26,30)(H,27,28)/t15-/m1/s1. The number of hydrogen-bond donors (Lipinski definition) is 3. The third kappa shape index (κ3) is 4.68. The molecule has 1 amide bonds. The molecule has 4 rings (SSSR count). The zero-order chi connectivity index (χ0) is 21.8. The smallest absolute Gasteiger partial charge is 0.252 e. The average molecular weight is 440 g/mol. The zero-order valence-electron chi connectivity index (χ0n) is 16.2. The largest absolute Gasteiger partial charge is 0.394 e. The summed E-state index contributed by atoms with van der Waals surface area (Å²) in [6.45, 7) is -0.285. The number of carbonyl (C=O) groups is 1. The van der Waals surface area contributed by atoms with Gasteiger partial charge in [0.1, 0.15) is 11.6 Å². The SMILES string of the molecule is O=C(N[C@@H](CO)Cc1cscn1)c1cccc(F)c1-c1cc(-c2ccc(F)cc2)n[nH]1. The number of thiazole rings is 1. The number of hydrogen-bond acceptors (Lipinski definition) is 5. The van der Waals surface area contributed by atoms with Crippen molar-refractivity contribution in [3.05, 3.63) is 82.3 Å². The van der Waals surface area contributed by atoms with E-state index >= 15 is 0 Å². The van der Waals surface area contributed by atoms with Gasteiger partial charge < -0.3 is 10.4 Å². The number of benzene rings is 2. The van der Waals surface area contributed by atoms with Crippen molar-refractivity contribution < 1.29 is 18.7 Å². The average Bonchev–Trinajstić information content (AvgIpc) is 3.46. The summed E-state index contributed by atoms with van der Waals surface area (Å²) in [5.74, 6) is -1.49. The molecule has 4 aromatic rings. The number of nitrogens with one attached hydrogen (secondary N) is 2. The Bertz CT molecular complexity index is 1180. The first-order chi connectivity index (χ1) is 15.0. The lowest BCUT2D eigenvalue weighted by molar-refractivity contribution is 0.0916. The summed E-state index contributed by atoms with van der Waals surface area (Å²) >= 11 is 1.42. The lowest BCUT2D eigenvalue weighted by atomic mass is 10.0. The predicted octanol–water partition coefficient (Wildman–Crippen LogP) is 3.81. The lowest BCUT2D eigenvalue weighted by Crippen LogP contribution is -2.39. The quantitative estimate of drug-likeness (QED) is 0.408. The first-order valence-electron chi connectivity index (χ1n) is 9.44. The fourth-order valence-corrected chi connectivity index (χ4v) is 3.79. The van der Waals surface area contributed by atoms with Gasteiger partial charge in [-0.15, -0.1) is 11.3 Å². The van der Waals surface area contributed by atoms with Gasteiger partial charge in [0.05, 0.1) is 40.8 Å². The summed E-state index contributed by atoms with van der Waals surface area (Å²) in [6, 6.07) is 11.0. The molecular formula is C22H18F2N4O2S. The van der Waals surface area contributed by atoms with Crippen LogP contribution in [0, 0.1) is 11.6 Å². The number of amides is 1. The van der Waals surface area contributed by atoms with Crippen molar-refractivity contribution in [2.45, 2.75) is 12.5 Å². The van der Waals surface area contributed by atoms with Gasteiger partial charge in [-0.25, -0.2) is 13.8 Å². The van der Waals surface area contributed by atoms with Crippen LogP contribution in [-0.2, 0) is 6.42 Å². The summed E-state index contributed by atoms with van der Waals surface area (Å²) in [5.41, 5.74) is 4.03. The molecule has 0 fully saturated rings. The Kier molecular flexibility index (Phi) is 6.15. The molecule has 2 aromatic carbocycles. The molecule has 9 heteroatoms. The van der Waals surface area contributed by atoms with E-state index in [0.29, 0.717) is 23.4 Å². The fraction of sp³-hybridized carbons (Fsp3) is 0.136. The zero-order valence-corrected chi connectivity index (χ0v) is 17.0. The van der Waals surface area contributed by atoms with Crippen molar-refractivity contribution in [2.24, 2.45) is 0 Å². The van der Waals surface area contributed by atoms with Gasteiger partial charge in [-0.2, -0.15) is 5.10 Å². The van der Waals surface area contributed by atoms with Crippen molar-refractivity contribution in [3.8, 4) is 22.5 Å². The highest BCUT2D eigenvalue weighted by Gasteiger charge is 2.21. The number of rotatable bonds is 7. The van der Waals surface area contributed by atoms with E-state index in [2.05, 4.69) is 20.5 Å². The van der Waals surface area contributed by atoms with Crippen LogP contribution in [-0.4, -0.2) is 38.8 Å². The van der Waals surface area contributed by atoms with Crippen LogP contribution in [0.15, 0.2) is 59.4 Å². The van der Waals surface area contributed by atoms with E-state index in [0.717, 1.165) is 5.69 Å². The first-order valence-corrected chi connectivity index (χ1v) is 10.4. The molecule has 1 atom stereocenters. The molecule has 0 aliphatic rings. The monoisotopic (exact) mass is 440 g/mol. The highest BCUT2D eigenvalue weighted by molar-refractivity contribution is 7.07. The number of aromatic nitrogens is 3. The van der Waals surface area contributed by atoms with E-state index in [4.69, 9.17) is 0 Å².